The number of benzene rings is 4. The summed E-state index contributed by atoms with van der Waals surface area (Å²) in [5, 5.41) is 0. The molecule has 0 heterocycles. The van der Waals surface area contributed by atoms with Crippen LogP contribution in [0, 0.1) is 24.6 Å². The number of aryl methyl sites for hydroxylation is 1. The number of nitrogens with zero attached hydrogens (tertiary/aromatic N) is 1. The first-order valence-corrected chi connectivity index (χ1v) is 12.3. The minimum Gasteiger partial charge on any atom is -0.268 e. The topological polar surface area (TPSA) is 54.5 Å². The second-order valence-corrected chi connectivity index (χ2v) is 9.69. The fourth-order valence-electron chi connectivity index (χ4n) is 3.49. The number of rotatable bonds is 5. The van der Waals surface area contributed by atoms with Crippen molar-refractivity contribution in [2.75, 3.05) is 0 Å². The van der Waals surface area contributed by atoms with Crippen LogP contribution in [-0.4, -0.2) is 18.6 Å². The van der Waals surface area contributed by atoms with Gasteiger partial charge in [0.1, 0.15) is 11.9 Å². The van der Waals surface area contributed by atoms with Crippen LogP contribution < -0.4 is 0 Å². The van der Waals surface area contributed by atoms with E-state index in [1.165, 1.54) is 36.4 Å². The number of halogens is 1. The smallest absolute Gasteiger partial charge is 0.268 e. The van der Waals surface area contributed by atoms with Gasteiger partial charge in [-0.3, -0.25) is 4.79 Å². The minimum atomic E-state index is -4.30. The molecule has 0 saturated carbocycles. The van der Waals surface area contributed by atoms with Crippen molar-refractivity contribution in [2.45, 2.75) is 17.9 Å². The first kappa shape index (κ1) is 23.9. The number of carbonyl (C=O) groups excluding carboxylic acids is 1. The van der Waals surface area contributed by atoms with Gasteiger partial charge >= 0.3 is 0 Å². The van der Waals surface area contributed by atoms with Crippen molar-refractivity contribution >= 4 is 15.9 Å². The number of hydrogen-bond acceptors (Lipinski definition) is 3. The van der Waals surface area contributed by atoms with E-state index in [0.29, 0.717) is 11.1 Å². The van der Waals surface area contributed by atoms with Crippen LogP contribution in [0.5, 0.6) is 0 Å². The molecule has 0 radical (unpaired) electrons. The summed E-state index contributed by atoms with van der Waals surface area (Å²) in [6.45, 7) is 1.85. The van der Waals surface area contributed by atoms with Crippen LogP contribution in [-0.2, 0) is 10.0 Å². The fourth-order valence-corrected chi connectivity index (χ4v) is 4.98. The van der Waals surface area contributed by atoms with Crippen LogP contribution in [0.15, 0.2) is 114 Å². The maximum atomic E-state index is 13.9. The standard InChI is InChI=1S/C29H22FNO3S/c1-22-12-19-27(20-13-22)35(33,34)31(29(32)25-10-6-3-7-11-25)28(24-8-4-2-5-9-24)21-16-23-14-17-26(30)18-15-23/h2-15,17-20,28H,1H3. The molecule has 0 aromatic heterocycles. The Morgan fingerprint density at radius 2 is 1.37 bits per heavy atom. The van der Waals surface area contributed by atoms with E-state index in [0.717, 1.165) is 9.87 Å². The van der Waals surface area contributed by atoms with Gasteiger partial charge in [-0.1, -0.05) is 78.1 Å². The van der Waals surface area contributed by atoms with Crippen LogP contribution in [0.1, 0.15) is 33.1 Å². The van der Waals surface area contributed by atoms with E-state index in [4.69, 9.17) is 0 Å². The van der Waals surface area contributed by atoms with Crippen molar-refractivity contribution < 1.29 is 17.6 Å². The Hall–Kier alpha value is -4.21. The molecule has 4 nitrogen and oxygen atoms in total. The molecule has 0 fully saturated rings. The van der Waals surface area contributed by atoms with E-state index in [2.05, 4.69) is 11.8 Å². The molecule has 0 N–H and O–H groups in total. The first-order valence-electron chi connectivity index (χ1n) is 10.9. The number of hydrogen-bond donors (Lipinski definition) is 0. The lowest BCUT2D eigenvalue weighted by Crippen LogP contribution is -2.39. The van der Waals surface area contributed by atoms with Gasteiger partial charge in [-0.05, 0) is 61.0 Å². The summed E-state index contributed by atoms with van der Waals surface area (Å²) < 4.78 is 42.0. The van der Waals surface area contributed by atoms with Gasteiger partial charge in [0.2, 0.25) is 0 Å². The molecule has 0 aliphatic rings. The molecular formula is C29H22FNO3S. The summed E-state index contributed by atoms with van der Waals surface area (Å²) >= 11 is 0. The molecule has 4 aromatic carbocycles. The zero-order valence-electron chi connectivity index (χ0n) is 18.9. The molecule has 174 valence electrons. The van der Waals surface area contributed by atoms with E-state index in [1.807, 2.05) is 6.92 Å². The highest BCUT2D eigenvalue weighted by atomic mass is 32.2. The van der Waals surface area contributed by atoms with E-state index >= 15 is 0 Å². The van der Waals surface area contributed by atoms with Crippen molar-refractivity contribution in [1.29, 1.82) is 0 Å². The van der Waals surface area contributed by atoms with Crippen molar-refractivity contribution in [3.05, 3.63) is 137 Å². The van der Waals surface area contributed by atoms with Gasteiger partial charge in [0, 0.05) is 11.1 Å². The predicted molar refractivity (Wildman–Crippen MR) is 133 cm³/mol. The lowest BCUT2D eigenvalue weighted by atomic mass is 10.1. The van der Waals surface area contributed by atoms with Gasteiger partial charge < -0.3 is 0 Å². The molecular weight excluding hydrogens is 461 g/mol. The quantitative estimate of drug-likeness (QED) is 0.339. The molecule has 35 heavy (non-hydrogen) atoms. The lowest BCUT2D eigenvalue weighted by molar-refractivity contribution is 0.0841. The Kier molecular flexibility index (Phi) is 7.09. The highest BCUT2D eigenvalue weighted by Gasteiger charge is 2.36. The van der Waals surface area contributed by atoms with Gasteiger partial charge in [0.25, 0.3) is 15.9 Å². The van der Waals surface area contributed by atoms with Crippen LogP contribution in [0.3, 0.4) is 0 Å². The second-order valence-electron chi connectivity index (χ2n) is 7.87. The maximum absolute atomic E-state index is 13.9. The average molecular weight is 484 g/mol. The summed E-state index contributed by atoms with van der Waals surface area (Å²) in [5.74, 6) is 4.77. The highest BCUT2D eigenvalue weighted by Crippen LogP contribution is 2.30. The summed E-state index contributed by atoms with van der Waals surface area (Å²) in [7, 11) is -4.30. The monoisotopic (exact) mass is 483 g/mol. The summed E-state index contributed by atoms with van der Waals surface area (Å²) in [6, 6.07) is 27.7. The van der Waals surface area contributed by atoms with Gasteiger partial charge in [-0.25, -0.2) is 17.1 Å². The van der Waals surface area contributed by atoms with Crippen LogP contribution in [0.25, 0.3) is 0 Å². The zero-order chi connectivity index (χ0) is 24.8. The normalized spacial score (nSPS) is 11.7. The third-order valence-corrected chi connectivity index (χ3v) is 7.11. The molecule has 0 saturated heterocycles. The van der Waals surface area contributed by atoms with Crippen LogP contribution in [0.2, 0.25) is 0 Å². The Balaban J connectivity index is 1.91. The second kappa shape index (κ2) is 10.4. The number of sulfonamides is 1. The Bertz CT molecular complexity index is 1470. The molecule has 1 amide bonds. The molecule has 4 rings (SSSR count). The zero-order valence-corrected chi connectivity index (χ0v) is 19.7. The molecule has 4 aromatic rings. The summed E-state index contributed by atoms with van der Waals surface area (Å²) in [6.07, 6.45) is 0. The average Bonchev–Trinajstić information content (AvgIpc) is 2.88. The first-order chi connectivity index (χ1) is 16.9. The summed E-state index contributed by atoms with van der Waals surface area (Å²) in [5.41, 5.74) is 2.13. The third-order valence-electron chi connectivity index (χ3n) is 5.35. The molecule has 0 aliphatic carbocycles. The van der Waals surface area contributed by atoms with E-state index in [9.17, 15) is 17.6 Å². The van der Waals surface area contributed by atoms with Gasteiger partial charge in [-0.2, -0.15) is 0 Å². The molecule has 1 atom stereocenters. The van der Waals surface area contributed by atoms with E-state index < -0.39 is 27.8 Å². The fraction of sp³-hybridized carbons (Fsp3) is 0.0690. The summed E-state index contributed by atoms with van der Waals surface area (Å²) in [4.78, 5) is 13.7. The number of amides is 1. The van der Waals surface area contributed by atoms with Gasteiger partial charge in [-0.15, -0.1) is 0 Å². The molecule has 1 unspecified atom stereocenters. The largest absolute Gasteiger partial charge is 0.269 e. The van der Waals surface area contributed by atoms with Crippen LogP contribution >= 0.6 is 0 Å². The van der Waals surface area contributed by atoms with Crippen molar-refractivity contribution in [2.24, 2.45) is 0 Å². The Morgan fingerprint density at radius 1 is 0.800 bits per heavy atom. The third kappa shape index (κ3) is 5.48. The van der Waals surface area contributed by atoms with E-state index in [-0.39, 0.29) is 10.5 Å². The number of carbonyl (C=O) groups is 1. The van der Waals surface area contributed by atoms with Gasteiger partial charge in [0.05, 0.1) is 4.90 Å². The Morgan fingerprint density at radius 3 is 1.97 bits per heavy atom. The molecule has 0 bridgehead atoms. The van der Waals surface area contributed by atoms with Crippen molar-refractivity contribution in [3.63, 3.8) is 0 Å². The van der Waals surface area contributed by atoms with E-state index in [1.54, 1.807) is 72.8 Å². The SMILES string of the molecule is Cc1ccc(S(=O)(=O)N(C(=O)c2ccccc2)C(C#Cc2ccc(F)cc2)c2ccccc2)cc1. The highest BCUT2D eigenvalue weighted by molar-refractivity contribution is 7.89. The molecule has 0 aliphatic heterocycles. The predicted octanol–water partition coefficient (Wildman–Crippen LogP) is 5.76. The Labute approximate surface area is 204 Å². The van der Waals surface area contributed by atoms with Crippen molar-refractivity contribution in [3.8, 4) is 11.8 Å². The van der Waals surface area contributed by atoms with Crippen LogP contribution in [0.4, 0.5) is 4.39 Å². The minimum absolute atomic E-state index is 0.0168. The maximum Gasteiger partial charge on any atom is 0.269 e. The lowest BCUT2D eigenvalue weighted by Gasteiger charge is -2.28. The van der Waals surface area contributed by atoms with Gasteiger partial charge in [0.15, 0.2) is 0 Å². The van der Waals surface area contributed by atoms with Crippen molar-refractivity contribution in [1.82, 2.24) is 4.31 Å². The molecule has 6 heteroatoms. The molecule has 0 spiro atoms.